The van der Waals surface area contributed by atoms with E-state index in [4.69, 9.17) is 4.74 Å². The molecule has 1 nitrogen and oxygen atoms in total. The summed E-state index contributed by atoms with van der Waals surface area (Å²) in [4.78, 5) is 0. The first kappa shape index (κ1) is 5.45. The monoisotopic (exact) mass is 118 g/mol. The quantitative estimate of drug-likeness (QED) is 0.531. The topological polar surface area (TPSA) is 9.23 Å². The third kappa shape index (κ3) is 1.35. The SMILES string of the molecule is SCCC1COC1. The molecule has 7 heavy (non-hydrogen) atoms. The minimum absolute atomic E-state index is 0.831. The van der Waals surface area contributed by atoms with Crippen molar-refractivity contribution in [2.24, 2.45) is 5.92 Å². The molecule has 1 aliphatic rings. The van der Waals surface area contributed by atoms with Gasteiger partial charge >= 0.3 is 0 Å². The largest absolute Gasteiger partial charge is 0.381 e. The molecule has 1 saturated heterocycles. The molecule has 0 N–H and O–H groups in total. The van der Waals surface area contributed by atoms with Crippen molar-refractivity contribution in [3.05, 3.63) is 0 Å². The average Bonchev–Trinajstić information content (AvgIpc) is 1.55. The van der Waals surface area contributed by atoms with Crippen LogP contribution in [0.4, 0.5) is 0 Å². The van der Waals surface area contributed by atoms with Crippen LogP contribution in [0, 0.1) is 5.92 Å². The highest BCUT2D eigenvalue weighted by Gasteiger charge is 2.15. The third-order valence-electron chi connectivity index (χ3n) is 1.24. The number of hydrogen-bond acceptors (Lipinski definition) is 2. The zero-order valence-electron chi connectivity index (χ0n) is 4.26. The van der Waals surface area contributed by atoms with E-state index in [0.717, 1.165) is 24.9 Å². The maximum Gasteiger partial charge on any atom is 0.0516 e. The molecule has 0 saturated carbocycles. The van der Waals surface area contributed by atoms with Gasteiger partial charge in [-0.05, 0) is 12.2 Å². The van der Waals surface area contributed by atoms with Gasteiger partial charge in [-0.1, -0.05) is 0 Å². The average molecular weight is 118 g/mol. The minimum Gasteiger partial charge on any atom is -0.381 e. The van der Waals surface area contributed by atoms with Gasteiger partial charge in [0.15, 0.2) is 0 Å². The Hall–Kier alpha value is 0.310. The van der Waals surface area contributed by atoms with E-state index in [1.54, 1.807) is 0 Å². The van der Waals surface area contributed by atoms with Crippen LogP contribution in [0.1, 0.15) is 6.42 Å². The Morgan fingerprint density at radius 3 is 2.43 bits per heavy atom. The van der Waals surface area contributed by atoms with E-state index in [1.165, 1.54) is 6.42 Å². The summed E-state index contributed by atoms with van der Waals surface area (Å²) >= 11 is 4.09. The highest BCUT2D eigenvalue weighted by molar-refractivity contribution is 7.80. The van der Waals surface area contributed by atoms with Crippen molar-refractivity contribution in [3.63, 3.8) is 0 Å². The highest BCUT2D eigenvalue weighted by Crippen LogP contribution is 2.13. The van der Waals surface area contributed by atoms with E-state index in [0.29, 0.717) is 0 Å². The molecule has 0 radical (unpaired) electrons. The van der Waals surface area contributed by atoms with Gasteiger partial charge in [0.2, 0.25) is 0 Å². The van der Waals surface area contributed by atoms with Gasteiger partial charge < -0.3 is 4.74 Å². The molecule has 0 aromatic carbocycles. The summed E-state index contributed by atoms with van der Waals surface area (Å²) in [5.74, 6) is 1.84. The lowest BCUT2D eigenvalue weighted by atomic mass is 10.1. The van der Waals surface area contributed by atoms with E-state index in [-0.39, 0.29) is 0 Å². The summed E-state index contributed by atoms with van der Waals surface area (Å²) in [7, 11) is 0. The molecule has 0 aromatic heterocycles. The van der Waals surface area contributed by atoms with Crippen LogP contribution in [0.3, 0.4) is 0 Å². The highest BCUT2D eigenvalue weighted by atomic mass is 32.1. The van der Waals surface area contributed by atoms with E-state index in [2.05, 4.69) is 12.6 Å². The molecule has 0 bridgehead atoms. The first-order valence-electron chi connectivity index (χ1n) is 2.62. The maximum absolute atomic E-state index is 4.95. The first-order chi connectivity index (χ1) is 3.43. The summed E-state index contributed by atoms with van der Waals surface area (Å²) in [6, 6.07) is 0. The van der Waals surface area contributed by atoms with Crippen molar-refractivity contribution in [2.75, 3.05) is 19.0 Å². The summed E-state index contributed by atoms with van der Waals surface area (Å²) in [6.45, 7) is 1.95. The molecule has 1 fully saturated rings. The molecule has 0 amide bonds. The van der Waals surface area contributed by atoms with Crippen molar-refractivity contribution in [1.29, 1.82) is 0 Å². The van der Waals surface area contributed by atoms with E-state index in [9.17, 15) is 0 Å². The van der Waals surface area contributed by atoms with Crippen LogP contribution in [0.2, 0.25) is 0 Å². The smallest absolute Gasteiger partial charge is 0.0516 e. The fraction of sp³-hybridized carbons (Fsp3) is 1.00. The van der Waals surface area contributed by atoms with Crippen molar-refractivity contribution in [2.45, 2.75) is 6.42 Å². The van der Waals surface area contributed by atoms with Gasteiger partial charge in [-0.3, -0.25) is 0 Å². The summed E-state index contributed by atoms with van der Waals surface area (Å²) < 4.78 is 4.95. The molecule has 42 valence electrons. The Kier molecular flexibility index (Phi) is 2.00. The van der Waals surface area contributed by atoms with Gasteiger partial charge in [0, 0.05) is 5.92 Å². The van der Waals surface area contributed by atoms with Gasteiger partial charge in [-0.25, -0.2) is 0 Å². The summed E-state index contributed by atoms with van der Waals surface area (Å²) in [5.41, 5.74) is 0. The van der Waals surface area contributed by atoms with Crippen molar-refractivity contribution in [1.82, 2.24) is 0 Å². The normalized spacial score (nSPS) is 21.9. The van der Waals surface area contributed by atoms with E-state index in [1.807, 2.05) is 0 Å². The lowest BCUT2D eigenvalue weighted by Gasteiger charge is -2.24. The van der Waals surface area contributed by atoms with Gasteiger partial charge in [-0.15, -0.1) is 0 Å². The van der Waals surface area contributed by atoms with Gasteiger partial charge in [-0.2, -0.15) is 12.6 Å². The molecule has 0 aliphatic carbocycles. The van der Waals surface area contributed by atoms with Crippen molar-refractivity contribution >= 4 is 12.6 Å². The van der Waals surface area contributed by atoms with Crippen LogP contribution in [0.25, 0.3) is 0 Å². The Morgan fingerprint density at radius 1 is 1.57 bits per heavy atom. The molecule has 1 rings (SSSR count). The van der Waals surface area contributed by atoms with Crippen molar-refractivity contribution in [3.8, 4) is 0 Å². The molecule has 0 aromatic rings. The zero-order chi connectivity index (χ0) is 5.11. The zero-order valence-corrected chi connectivity index (χ0v) is 5.16. The molecule has 1 heterocycles. The molecular formula is C5H10OS. The molecule has 2 heteroatoms. The fourth-order valence-electron chi connectivity index (χ4n) is 0.634. The predicted octanol–water partition coefficient (Wildman–Crippen LogP) is 0.953. The molecule has 0 spiro atoms. The van der Waals surface area contributed by atoms with Gasteiger partial charge in [0.05, 0.1) is 13.2 Å². The molecule has 1 aliphatic heterocycles. The van der Waals surface area contributed by atoms with Crippen LogP contribution < -0.4 is 0 Å². The second-order valence-electron chi connectivity index (χ2n) is 1.92. The van der Waals surface area contributed by atoms with Crippen LogP contribution in [0.5, 0.6) is 0 Å². The van der Waals surface area contributed by atoms with Crippen molar-refractivity contribution < 1.29 is 4.74 Å². The summed E-state index contributed by atoms with van der Waals surface area (Å²) in [5, 5.41) is 0. The number of thiol groups is 1. The van der Waals surface area contributed by atoms with Crippen LogP contribution in [0.15, 0.2) is 0 Å². The van der Waals surface area contributed by atoms with E-state index >= 15 is 0 Å². The molecular weight excluding hydrogens is 108 g/mol. The second-order valence-corrected chi connectivity index (χ2v) is 2.36. The number of ether oxygens (including phenoxy) is 1. The Balaban J connectivity index is 1.93. The molecule has 0 unspecified atom stereocenters. The first-order valence-corrected chi connectivity index (χ1v) is 3.25. The fourth-order valence-corrected chi connectivity index (χ4v) is 0.999. The maximum atomic E-state index is 4.95. The van der Waals surface area contributed by atoms with Crippen LogP contribution in [-0.4, -0.2) is 19.0 Å². The number of hydrogen-bond donors (Lipinski definition) is 1. The Morgan fingerprint density at radius 2 is 2.29 bits per heavy atom. The second kappa shape index (κ2) is 2.58. The third-order valence-corrected chi connectivity index (χ3v) is 1.50. The van der Waals surface area contributed by atoms with Crippen LogP contribution in [-0.2, 0) is 4.74 Å². The van der Waals surface area contributed by atoms with Gasteiger partial charge in [0.1, 0.15) is 0 Å². The van der Waals surface area contributed by atoms with Gasteiger partial charge in [0.25, 0.3) is 0 Å². The molecule has 0 atom stereocenters. The summed E-state index contributed by atoms with van der Waals surface area (Å²) in [6.07, 6.45) is 1.23. The Bertz CT molecular complexity index is 52.0. The predicted molar refractivity (Wildman–Crippen MR) is 32.8 cm³/mol. The number of rotatable bonds is 2. The lowest BCUT2D eigenvalue weighted by Crippen LogP contribution is -2.27. The van der Waals surface area contributed by atoms with Crippen LogP contribution >= 0.6 is 12.6 Å². The minimum atomic E-state index is 0.831. The lowest BCUT2D eigenvalue weighted by molar-refractivity contribution is -0.0325. The Labute approximate surface area is 49.5 Å². The van der Waals surface area contributed by atoms with E-state index < -0.39 is 0 Å². The standard InChI is InChI=1S/C5H10OS/c7-2-1-5-3-6-4-5/h5,7H,1-4H2.